The Morgan fingerprint density at radius 3 is 2.52 bits per heavy atom. The molecule has 6 nitrogen and oxygen atoms in total. The highest BCUT2D eigenvalue weighted by atomic mass is 35.5. The molecule has 1 aromatic carbocycles. The average Bonchev–Trinajstić information content (AvgIpc) is 2.29. The van der Waals surface area contributed by atoms with Crippen LogP contribution in [0.15, 0.2) is 18.2 Å². The number of hydrogen-bond acceptors (Lipinski definition) is 4. The lowest BCUT2D eigenvalue weighted by Gasteiger charge is -2.20. The Labute approximate surface area is 127 Å². The van der Waals surface area contributed by atoms with Gasteiger partial charge in [-0.15, -0.1) is 0 Å². The number of aliphatic hydroxyl groups is 1. The van der Waals surface area contributed by atoms with Crippen molar-refractivity contribution in [3.05, 3.63) is 28.8 Å². The Morgan fingerprint density at radius 2 is 2.00 bits per heavy atom. The van der Waals surface area contributed by atoms with Crippen LogP contribution < -0.4 is 5.32 Å². The monoisotopic (exact) mass is 315 g/mol. The van der Waals surface area contributed by atoms with Crippen molar-refractivity contribution in [1.29, 1.82) is 0 Å². The normalized spacial score (nSPS) is 12.6. The number of aliphatic hydroxyl groups excluding tert-OH is 1. The molecule has 0 aliphatic heterocycles. The van der Waals surface area contributed by atoms with E-state index in [1.54, 1.807) is 32.9 Å². The molecule has 0 heterocycles. The minimum atomic E-state index is -1.56. The van der Waals surface area contributed by atoms with Gasteiger partial charge >= 0.3 is 12.1 Å². The Hall–Kier alpha value is -1.79. The van der Waals surface area contributed by atoms with Gasteiger partial charge in [0, 0.05) is 17.1 Å². The molecule has 7 heteroatoms. The van der Waals surface area contributed by atoms with Crippen LogP contribution in [0.2, 0.25) is 5.02 Å². The van der Waals surface area contributed by atoms with Crippen LogP contribution in [0.5, 0.6) is 0 Å². The van der Waals surface area contributed by atoms with E-state index < -0.39 is 23.8 Å². The molecule has 1 amide bonds. The maximum absolute atomic E-state index is 11.8. The first-order valence-corrected chi connectivity index (χ1v) is 6.65. The summed E-state index contributed by atoms with van der Waals surface area (Å²) >= 11 is 5.86. The van der Waals surface area contributed by atoms with Gasteiger partial charge < -0.3 is 14.9 Å². The van der Waals surface area contributed by atoms with Gasteiger partial charge in [-0.05, 0) is 38.5 Å². The first-order valence-electron chi connectivity index (χ1n) is 6.28. The molecule has 1 rings (SSSR count). The minimum absolute atomic E-state index is 0.155. The maximum Gasteiger partial charge on any atom is 0.412 e. The van der Waals surface area contributed by atoms with Crippen LogP contribution in [0.3, 0.4) is 0 Å². The number of carbonyl (C=O) groups is 2. The van der Waals surface area contributed by atoms with Crippen LogP contribution >= 0.6 is 11.6 Å². The number of benzene rings is 1. The van der Waals surface area contributed by atoms with Gasteiger partial charge in [0.15, 0.2) is 6.10 Å². The number of anilines is 1. The fourth-order valence-electron chi connectivity index (χ4n) is 1.55. The SMILES string of the molecule is CC(C)(C)OC(=O)Nc1cc(Cl)ccc1CC(O)C(=O)O. The standard InChI is InChI=1S/C14H18ClNO5/c1-14(2,3)21-13(20)16-10-7-9(15)5-4-8(10)6-11(17)12(18)19/h4-5,7,11,17H,6H2,1-3H3,(H,16,20)(H,18,19). The first-order chi connectivity index (χ1) is 9.58. The van der Waals surface area contributed by atoms with E-state index in [1.165, 1.54) is 6.07 Å². The highest BCUT2D eigenvalue weighted by molar-refractivity contribution is 6.31. The molecule has 0 bridgehead atoms. The van der Waals surface area contributed by atoms with Gasteiger partial charge in [-0.2, -0.15) is 0 Å². The summed E-state index contributed by atoms with van der Waals surface area (Å²) in [5, 5.41) is 21.0. The van der Waals surface area contributed by atoms with Crippen LogP contribution in [-0.4, -0.2) is 34.0 Å². The van der Waals surface area contributed by atoms with E-state index in [1.807, 2.05) is 0 Å². The molecule has 0 aliphatic rings. The van der Waals surface area contributed by atoms with E-state index >= 15 is 0 Å². The third kappa shape index (κ3) is 6.01. The number of carboxylic acid groups (broad SMARTS) is 1. The van der Waals surface area contributed by atoms with E-state index in [2.05, 4.69) is 5.32 Å². The zero-order valence-corrected chi connectivity index (χ0v) is 12.8. The summed E-state index contributed by atoms with van der Waals surface area (Å²) in [6, 6.07) is 4.56. The molecule has 0 saturated heterocycles. The van der Waals surface area contributed by atoms with Gasteiger partial charge in [0.2, 0.25) is 0 Å². The zero-order chi connectivity index (χ0) is 16.2. The summed E-state index contributed by atoms with van der Waals surface area (Å²) in [6.45, 7) is 5.17. The molecule has 1 unspecified atom stereocenters. The predicted octanol–water partition coefficient (Wildman–Crippen LogP) is 2.68. The molecule has 0 fully saturated rings. The topological polar surface area (TPSA) is 95.9 Å². The van der Waals surface area contributed by atoms with Crippen molar-refractivity contribution in [3.8, 4) is 0 Å². The Bertz CT molecular complexity index is 539. The van der Waals surface area contributed by atoms with Crippen LogP contribution in [0, 0.1) is 0 Å². The number of hydrogen-bond donors (Lipinski definition) is 3. The summed E-state index contributed by atoms with van der Waals surface area (Å²) in [4.78, 5) is 22.5. The highest BCUT2D eigenvalue weighted by Crippen LogP contribution is 2.23. The molecule has 0 aromatic heterocycles. The molecule has 0 spiro atoms. The molecule has 3 N–H and O–H groups in total. The molecule has 0 aliphatic carbocycles. The van der Waals surface area contributed by atoms with Crippen LogP contribution in [0.4, 0.5) is 10.5 Å². The molecular formula is C14H18ClNO5. The van der Waals surface area contributed by atoms with Gasteiger partial charge in [0.05, 0.1) is 0 Å². The number of rotatable bonds is 4. The molecule has 21 heavy (non-hydrogen) atoms. The number of nitrogens with one attached hydrogen (secondary N) is 1. The molecule has 1 atom stereocenters. The number of carbonyl (C=O) groups excluding carboxylic acids is 1. The lowest BCUT2D eigenvalue weighted by Crippen LogP contribution is -2.28. The third-order valence-electron chi connectivity index (χ3n) is 2.41. The van der Waals surface area contributed by atoms with Crippen LogP contribution in [0.25, 0.3) is 0 Å². The van der Waals surface area contributed by atoms with Crippen molar-refractivity contribution in [2.24, 2.45) is 0 Å². The second-order valence-electron chi connectivity index (χ2n) is 5.49. The van der Waals surface area contributed by atoms with Gasteiger partial charge in [0.1, 0.15) is 5.60 Å². The van der Waals surface area contributed by atoms with E-state index in [0.29, 0.717) is 16.3 Å². The molecule has 1 aromatic rings. The van der Waals surface area contributed by atoms with Crippen molar-refractivity contribution in [2.45, 2.75) is 38.9 Å². The number of amides is 1. The first kappa shape index (κ1) is 17.3. The minimum Gasteiger partial charge on any atom is -0.479 e. The van der Waals surface area contributed by atoms with E-state index in [4.69, 9.17) is 21.4 Å². The third-order valence-corrected chi connectivity index (χ3v) is 2.64. The largest absolute Gasteiger partial charge is 0.479 e. The van der Waals surface area contributed by atoms with Crippen LogP contribution in [0.1, 0.15) is 26.3 Å². The van der Waals surface area contributed by atoms with Gasteiger partial charge in [-0.25, -0.2) is 9.59 Å². The highest BCUT2D eigenvalue weighted by Gasteiger charge is 2.20. The molecular weight excluding hydrogens is 298 g/mol. The molecule has 116 valence electrons. The predicted molar refractivity (Wildman–Crippen MR) is 78.7 cm³/mol. The van der Waals surface area contributed by atoms with Crippen molar-refractivity contribution in [2.75, 3.05) is 5.32 Å². The Kier molecular flexibility index (Phi) is 5.57. The van der Waals surface area contributed by atoms with E-state index in [9.17, 15) is 14.7 Å². The fraction of sp³-hybridized carbons (Fsp3) is 0.429. The zero-order valence-electron chi connectivity index (χ0n) is 12.0. The number of ether oxygens (including phenoxy) is 1. The Balaban J connectivity index is 2.92. The summed E-state index contributed by atoms with van der Waals surface area (Å²) in [6.07, 6.45) is -2.40. The molecule has 0 saturated carbocycles. The van der Waals surface area contributed by atoms with Crippen LogP contribution in [-0.2, 0) is 16.0 Å². The van der Waals surface area contributed by atoms with Gasteiger partial charge in [-0.1, -0.05) is 17.7 Å². The average molecular weight is 316 g/mol. The second-order valence-corrected chi connectivity index (χ2v) is 5.92. The number of carboxylic acids is 1. The lowest BCUT2D eigenvalue weighted by molar-refractivity contribution is -0.146. The van der Waals surface area contributed by atoms with Gasteiger partial charge in [-0.3, -0.25) is 5.32 Å². The van der Waals surface area contributed by atoms with Crippen molar-refractivity contribution in [3.63, 3.8) is 0 Å². The number of halogens is 1. The van der Waals surface area contributed by atoms with E-state index in [0.717, 1.165) is 0 Å². The summed E-state index contributed by atoms with van der Waals surface area (Å²) in [5.41, 5.74) is 0.0841. The summed E-state index contributed by atoms with van der Waals surface area (Å²) in [5.74, 6) is -1.34. The van der Waals surface area contributed by atoms with Gasteiger partial charge in [0.25, 0.3) is 0 Å². The summed E-state index contributed by atoms with van der Waals surface area (Å²) < 4.78 is 5.12. The Morgan fingerprint density at radius 1 is 1.38 bits per heavy atom. The van der Waals surface area contributed by atoms with Crippen molar-refractivity contribution < 1.29 is 24.5 Å². The summed E-state index contributed by atoms with van der Waals surface area (Å²) in [7, 11) is 0. The molecule has 0 radical (unpaired) electrons. The van der Waals surface area contributed by atoms with Crippen molar-refractivity contribution in [1.82, 2.24) is 0 Å². The van der Waals surface area contributed by atoms with Crippen molar-refractivity contribution >= 4 is 29.4 Å². The smallest absolute Gasteiger partial charge is 0.412 e. The quantitative estimate of drug-likeness (QED) is 0.794. The second kappa shape index (κ2) is 6.78. The fourth-order valence-corrected chi connectivity index (χ4v) is 1.72. The van der Waals surface area contributed by atoms with E-state index in [-0.39, 0.29) is 6.42 Å². The number of aliphatic carboxylic acids is 1. The lowest BCUT2D eigenvalue weighted by atomic mass is 10.1. The maximum atomic E-state index is 11.8.